The predicted octanol–water partition coefficient (Wildman–Crippen LogP) is 5.76. The third-order valence-corrected chi connectivity index (χ3v) is 9.31. The number of aliphatic carboxylic acids is 1. The Bertz CT molecular complexity index is 2000. The molecule has 0 radical (unpaired) electrons. The van der Waals surface area contributed by atoms with Crippen LogP contribution in [-0.2, 0) is 19.9 Å². The van der Waals surface area contributed by atoms with E-state index in [2.05, 4.69) is 36.2 Å². The van der Waals surface area contributed by atoms with Gasteiger partial charge < -0.3 is 31.1 Å². The SMILES string of the molecule is O=C(C[C@H]1C[C@H]1c1ccccc1)C(=O)NCC[C@H](NC(=O)c1ccc(Nc2nc(NC3(c4ccc(Cl)cc4)CC3)nc(OCC(F)(F)F)n2)cc1)C(=O)O. The van der Waals surface area contributed by atoms with Crippen LogP contribution in [-0.4, -0.2) is 69.0 Å². The van der Waals surface area contributed by atoms with E-state index in [0.29, 0.717) is 23.6 Å². The van der Waals surface area contributed by atoms with E-state index < -0.39 is 53.9 Å². The van der Waals surface area contributed by atoms with Gasteiger partial charge in [-0.3, -0.25) is 14.4 Å². The van der Waals surface area contributed by atoms with Gasteiger partial charge in [-0.05, 0) is 85.0 Å². The minimum Gasteiger partial charge on any atom is -0.480 e. The number of carboxylic acid groups (broad SMARTS) is 1. The molecule has 54 heavy (non-hydrogen) atoms. The van der Waals surface area contributed by atoms with Gasteiger partial charge in [-0.1, -0.05) is 54.1 Å². The minimum atomic E-state index is -4.64. The summed E-state index contributed by atoms with van der Waals surface area (Å²) in [5, 5.41) is 21.1. The van der Waals surface area contributed by atoms with E-state index in [1.165, 1.54) is 24.3 Å². The fraction of sp³-hybridized carbons (Fsp3) is 0.324. The fourth-order valence-electron chi connectivity index (χ4n) is 5.95. The number of nitrogens with one attached hydrogen (secondary N) is 4. The summed E-state index contributed by atoms with van der Waals surface area (Å²) in [6.45, 7) is -1.78. The first-order valence-electron chi connectivity index (χ1n) is 17.0. The number of anilines is 3. The Kier molecular flexibility index (Phi) is 11.3. The largest absolute Gasteiger partial charge is 0.480 e. The molecule has 3 atom stereocenters. The van der Waals surface area contributed by atoms with Gasteiger partial charge in [0.05, 0.1) is 5.54 Å². The number of ether oxygens (including phenoxy) is 1. The molecule has 6 rings (SSSR count). The lowest BCUT2D eigenvalue weighted by Crippen LogP contribution is -2.43. The summed E-state index contributed by atoms with van der Waals surface area (Å²) in [5.41, 5.74) is 1.89. The zero-order valence-electron chi connectivity index (χ0n) is 28.5. The summed E-state index contributed by atoms with van der Waals surface area (Å²) in [4.78, 5) is 61.9. The molecule has 1 heterocycles. The zero-order chi connectivity index (χ0) is 38.5. The molecule has 0 aliphatic heterocycles. The molecule has 5 N–H and O–H groups in total. The first-order valence-corrected chi connectivity index (χ1v) is 17.4. The molecule has 17 heteroatoms. The monoisotopic (exact) mass is 765 g/mol. The maximum Gasteiger partial charge on any atom is 0.422 e. The Labute approximate surface area is 312 Å². The van der Waals surface area contributed by atoms with Crippen LogP contribution in [0.2, 0.25) is 5.02 Å². The van der Waals surface area contributed by atoms with Gasteiger partial charge in [0.2, 0.25) is 17.7 Å². The van der Waals surface area contributed by atoms with Gasteiger partial charge in [-0.25, -0.2) is 4.79 Å². The molecule has 3 aromatic carbocycles. The molecule has 2 aliphatic rings. The summed E-state index contributed by atoms with van der Waals surface area (Å²) in [5.74, 6) is -3.30. The second-order valence-corrected chi connectivity index (χ2v) is 13.6. The number of halogens is 4. The highest BCUT2D eigenvalue weighted by atomic mass is 35.5. The molecule has 0 bridgehead atoms. The van der Waals surface area contributed by atoms with Crippen LogP contribution < -0.4 is 26.0 Å². The molecular weight excluding hydrogens is 731 g/mol. The van der Waals surface area contributed by atoms with E-state index in [-0.39, 0.29) is 48.7 Å². The van der Waals surface area contributed by atoms with Gasteiger partial charge >= 0.3 is 18.2 Å². The molecule has 282 valence electrons. The van der Waals surface area contributed by atoms with Crippen LogP contribution >= 0.6 is 11.6 Å². The number of amides is 2. The number of Topliss-reactive ketones (excluding diaryl/α,β-unsaturated/α-hetero) is 1. The quantitative estimate of drug-likeness (QED) is 0.0824. The van der Waals surface area contributed by atoms with Crippen LogP contribution in [0.4, 0.5) is 30.8 Å². The maximum absolute atomic E-state index is 12.9. The molecule has 4 aromatic rings. The van der Waals surface area contributed by atoms with E-state index >= 15 is 0 Å². The second-order valence-electron chi connectivity index (χ2n) is 13.1. The van der Waals surface area contributed by atoms with Crippen molar-refractivity contribution in [1.29, 1.82) is 0 Å². The van der Waals surface area contributed by atoms with E-state index in [4.69, 9.17) is 16.3 Å². The smallest absolute Gasteiger partial charge is 0.422 e. The number of aromatic nitrogens is 3. The molecule has 0 unspecified atom stereocenters. The summed E-state index contributed by atoms with van der Waals surface area (Å²) < 4.78 is 43.6. The molecule has 2 aliphatic carbocycles. The first kappa shape index (κ1) is 38.0. The number of benzene rings is 3. The van der Waals surface area contributed by atoms with Crippen LogP contribution in [0.15, 0.2) is 78.9 Å². The van der Waals surface area contributed by atoms with Gasteiger partial charge in [-0.2, -0.15) is 28.1 Å². The molecule has 2 fully saturated rings. The van der Waals surface area contributed by atoms with E-state index in [1.807, 2.05) is 42.5 Å². The molecule has 2 amide bonds. The third kappa shape index (κ3) is 10.2. The van der Waals surface area contributed by atoms with Crippen molar-refractivity contribution in [3.63, 3.8) is 0 Å². The average Bonchev–Trinajstić information content (AvgIpc) is 4.08. The number of rotatable bonds is 17. The summed E-state index contributed by atoms with van der Waals surface area (Å²) in [6, 6.07) is 20.6. The Morgan fingerprint density at radius 3 is 2.26 bits per heavy atom. The van der Waals surface area contributed by atoms with Crippen molar-refractivity contribution in [3.8, 4) is 6.01 Å². The molecule has 13 nitrogen and oxygen atoms in total. The second kappa shape index (κ2) is 16.1. The molecule has 0 spiro atoms. The van der Waals surface area contributed by atoms with Gasteiger partial charge in [0.15, 0.2) is 6.61 Å². The number of hydrogen-bond donors (Lipinski definition) is 5. The standard InChI is InChI=1S/C37H35ClF3N7O6/c38-25-10-8-24(9-11-25)36(15-16-36)48-34-45-33(46-35(47-34)54-20-37(39,40)41)43-26-12-6-22(7-13-26)30(50)44-28(32(52)53)14-17-42-31(51)29(49)19-23-18-27(23)21-4-2-1-3-5-21/h1-13,23,27-28H,14-20H2,(H,42,51)(H,44,50)(H,52,53)(H2,43,45,46,47,48)/t23-,27+,28+/m1/s1. The molecule has 0 saturated heterocycles. The van der Waals surface area contributed by atoms with Crippen LogP contribution in [0.25, 0.3) is 0 Å². The van der Waals surface area contributed by atoms with Crippen molar-refractivity contribution < 1.29 is 42.2 Å². The number of carboxylic acids is 1. The zero-order valence-corrected chi connectivity index (χ0v) is 29.3. The first-order chi connectivity index (χ1) is 25.8. The Balaban J connectivity index is 1.03. The number of alkyl halides is 3. The van der Waals surface area contributed by atoms with E-state index in [0.717, 1.165) is 17.5 Å². The number of ketones is 1. The van der Waals surface area contributed by atoms with Crippen LogP contribution in [0.1, 0.15) is 59.5 Å². The van der Waals surface area contributed by atoms with E-state index in [1.54, 1.807) is 12.1 Å². The number of nitrogens with zero attached hydrogens (tertiary/aromatic N) is 3. The Morgan fingerprint density at radius 1 is 0.926 bits per heavy atom. The number of hydrogen-bond acceptors (Lipinski definition) is 10. The van der Waals surface area contributed by atoms with Crippen molar-refractivity contribution in [3.05, 3.63) is 101 Å². The molecular formula is C37H35ClF3N7O6. The normalized spacial score (nSPS) is 17.4. The molecule has 2 saturated carbocycles. The highest BCUT2D eigenvalue weighted by Crippen LogP contribution is 2.50. The van der Waals surface area contributed by atoms with Gasteiger partial charge in [0, 0.05) is 29.2 Å². The Morgan fingerprint density at radius 2 is 1.61 bits per heavy atom. The van der Waals surface area contributed by atoms with E-state index in [9.17, 15) is 37.5 Å². The van der Waals surface area contributed by atoms with Crippen molar-refractivity contribution in [1.82, 2.24) is 25.6 Å². The predicted molar refractivity (Wildman–Crippen MR) is 191 cm³/mol. The Hall–Kier alpha value is -5.77. The highest BCUT2D eigenvalue weighted by molar-refractivity contribution is 6.36. The summed E-state index contributed by atoms with van der Waals surface area (Å²) >= 11 is 6.02. The fourth-order valence-corrected chi connectivity index (χ4v) is 6.07. The summed E-state index contributed by atoms with van der Waals surface area (Å²) in [6.07, 6.45) is -2.49. The number of carbonyl (C=O) groups is 4. The lowest BCUT2D eigenvalue weighted by Gasteiger charge is -2.19. The minimum absolute atomic E-state index is 0.0343. The van der Waals surface area contributed by atoms with Crippen LogP contribution in [0.5, 0.6) is 6.01 Å². The van der Waals surface area contributed by atoms with Crippen molar-refractivity contribution >= 4 is 52.8 Å². The van der Waals surface area contributed by atoms with Crippen molar-refractivity contribution in [2.45, 2.75) is 55.8 Å². The average molecular weight is 766 g/mol. The van der Waals surface area contributed by atoms with Gasteiger partial charge in [0.1, 0.15) is 6.04 Å². The number of carbonyl (C=O) groups excluding carboxylic acids is 3. The van der Waals surface area contributed by atoms with Crippen LogP contribution in [0.3, 0.4) is 0 Å². The highest BCUT2D eigenvalue weighted by Gasteiger charge is 2.45. The van der Waals surface area contributed by atoms with Gasteiger partial charge in [0.25, 0.3) is 11.8 Å². The van der Waals surface area contributed by atoms with Gasteiger partial charge in [-0.15, -0.1) is 0 Å². The summed E-state index contributed by atoms with van der Waals surface area (Å²) in [7, 11) is 0. The van der Waals surface area contributed by atoms with Crippen molar-refractivity contribution in [2.75, 3.05) is 23.8 Å². The molecule has 1 aromatic heterocycles. The topological polar surface area (TPSA) is 185 Å². The maximum atomic E-state index is 12.9. The lowest BCUT2D eigenvalue weighted by atomic mass is 10.1. The lowest BCUT2D eigenvalue weighted by molar-refractivity contribution is -0.154. The third-order valence-electron chi connectivity index (χ3n) is 9.05. The van der Waals surface area contributed by atoms with Crippen LogP contribution in [0, 0.1) is 5.92 Å². The van der Waals surface area contributed by atoms with Crippen molar-refractivity contribution in [2.24, 2.45) is 5.92 Å².